The molecule has 2 N–H and O–H groups in total. The van der Waals surface area contributed by atoms with E-state index >= 15 is 0 Å². The molecule has 0 aromatic heterocycles. The summed E-state index contributed by atoms with van der Waals surface area (Å²) in [7, 11) is 0. The molecular weight excluding hydrogens is 468 g/mol. The van der Waals surface area contributed by atoms with Gasteiger partial charge in [-0.2, -0.15) is 0 Å². The molecule has 0 saturated carbocycles. The first kappa shape index (κ1) is 20.0. The highest BCUT2D eigenvalue weighted by atomic mass is 79.9. The Morgan fingerprint density at radius 2 is 1.77 bits per heavy atom. The van der Waals surface area contributed by atoms with Gasteiger partial charge in [-0.15, -0.1) is 0 Å². The monoisotopic (exact) mass is 482 g/mol. The lowest BCUT2D eigenvalue weighted by Gasteiger charge is -2.10. The molecule has 0 bridgehead atoms. The molecule has 0 radical (unpaired) electrons. The number of rotatable bonds is 7. The molecule has 8 heteroatoms. The third-order valence-electron chi connectivity index (χ3n) is 3.05. The van der Waals surface area contributed by atoms with Gasteiger partial charge in [-0.1, -0.05) is 28.6 Å². The van der Waals surface area contributed by atoms with Gasteiger partial charge in [-0.3, -0.25) is 20.4 Å². The Balaban J connectivity index is 1.79. The summed E-state index contributed by atoms with van der Waals surface area (Å²) in [5.41, 5.74) is 5.01. The molecule has 2 aromatic rings. The fraction of sp³-hybridized carbons (Fsp3) is 0.111. The number of hydrogen-bond acceptors (Lipinski definition) is 4. The number of hydrogen-bond donors (Lipinski definition) is 2. The normalized spacial score (nSPS) is 9.92. The Labute approximate surface area is 167 Å². The third-order valence-corrected chi connectivity index (χ3v) is 4.17. The highest BCUT2D eigenvalue weighted by molar-refractivity contribution is 9.11. The predicted octanol–water partition coefficient (Wildman–Crippen LogP) is 3.62. The second-order valence-corrected chi connectivity index (χ2v) is 6.76. The van der Waals surface area contributed by atoms with Crippen LogP contribution in [-0.2, 0) is 4.79 Å². The van der Waals surface area contributed by atoms with E-state index in [1.165, 1.54) is 0 Å². The number of benzene rings is 2. The van der Waals surface area contributed by atoms with Crippen LogP contribution in [-0.4, -0.2) is 25.0 Å². The zero-order chi connectivity index (χ0) is 18.9. The van der Waals surface area contributed by atoms with Crippen LogP contribution in [0.3, 0.4) is 0 Å². The number of halogens is 2. The minimum absolute atomic E-state index is 0.241. The summed E-state index contributed by atoms with van der Waals surface area (Å²) in [6, 6.07) is 11.8. The van der Waals surface area contributed by atoms with Crippen molar-refractivity contribution in [1.29, 1.82) is 0 Å². The van der Waals surface area contributed by atoms with Gasteiger partial charge in [0.25, 0.3) is 11.8 Å². The van der Waals surface area contributed by atoms with E-state index in [0.717, 1.165) is 4.47 Å². The molecule has 0 unspecified atom stereocenters. The van der Waals surface area contributed by atoms with E-state index in [1.807, 2.05) is 0 Å². The topological polar surface area (TPSA) is 76.7 Å². The smallest absolute Gasteiger partial charge is 0.276 e. The molecule has 136 valence electrons. The lowest BCUT2D eigenvalue weighted by Crippen LogP contribution is -2.43. The van der Waals surface area contributed by atoms with Gasteiger partial charge in [0.2, 0.25) is 0 Å². The third kappa shape index (κ3) is 6.20. The van der Waals surface area contributed by atoms with Gasteiger partial charge in [0.1, 0.15) is 18.1 Å². The number of hydrazine groups is 1. The van der Waals surface area contributed by atoms with Crippen molar-refractivity contribution >= 4 is 43.7 Å². The summed E-state index contributed by atoms with van der Waals surface area (Å²) in [5.74, 6) is 0.210. The van der Waals surface area contributed by atoms with Crippen molar-refractivity contribution in [2.45, 2.75) is 0 Å². The minimum Gasteiger partial charge on any atom is -0.490 e. The van der Waals surface area contributed by atoms with Gasteiger partial charge in [-0.05, 0) is 58.4 Å². The molecule has 0 aliphatic carbocycles. The van der Waals surface area contributed by atoms with Crippen molar-refractivity contribution < 1.29 is 19.1 Å². The molecule has 6 nitrogen and oxygen atoms in total. The standard InChI is InChI=1S/C18H16Br2N2O4/c1-2-9-25-14-6-3-12(4-7-14)18(24)22-21-17(23)11-26-16-8-5-13(19)10-15(16)20/h2-8,10H,1,9,11H2,(H,21,23)(H,22,24). The minimum atomic E-state index is -0.487. The first-order valence-corrected chi connectivity index (χ1v) is 9.09. The van der Waals surface area contributed by atoms with Gasteiger partial charge < -0.3 is 9.47 Å². The van der Waals surface area contributed by atoms with Crippen LogP contribution in [0.2, 0.25) is 0 Å². The summed E-state index contributed by atoms with van der Waals surface area (Å²) < 4.78 is 12.3. The molecule has 2 amide bonds. The van der Waals surface area contributed by atoms with Gasteiger partial charge >= 0.3 is 0 Å². The van der Waals surface area contributed by atoms with Gasteiger partial charge in [-0.25, -0.2) is 0 Å². The number of carbonyl (C=O) groups is 2. The molecule has 0 saturated heterocycles. The molecule has 0 heterocycles. The Morgan fingerprint density at radius 1 is 1.04 bits per heavy atom. The van der Waals surface area contributed by atoms with Crippen molar-refractivity contribution in [2.75, 3.05) is 13.2 Å². The zero-order valence-corrected chi connectivity index (χ0v) is 16.8. The largest absolute Gasteiger partial charge is 0.490 e. The van der Waals surface area contributed by atoms with E-state index in [2.05, 4.69) is 49.3 Å². The van der Waals surface area contributed by atoms with Crippen LogP contribution in [0.1, 0.15) is 10.4 Å². The quantitative estimate of drug-likeness (QED) is 0.465. The average Bonchev–Trinajstić information content (AvgIpc) is 2.64. The number of nitrogens with one attached hydrogen (secondary N) is 2. The number of ether oxygens (including phenoxy) is 2. The molecule has 0 atom stereocenters. The molecule has 2 aromatic carbocycles. The van der Waals surface area contributed by atoms with Crippen LogP contribution < -0.4 is 20.3 Å². The van der Waals surface area contributed by atoms with Crippen molar-refractivity contribution in [3.8, 4) is 11.5 Å². The Kier molecular flexibility index (Phi) is 7.68. The van der Waals surface area contributed by atoms with Crippen LogP contribution in [0.5, 0.6) is 11.5 Å². The van der Waals surface area contributed by atoms with E-state index in [-0.39, 0.29) is 6.61 Å². The summed E-state index contributed by atoms with van der Waals surface area (Å²) in [6.45, 7) is 3.70. The summed E-state index contributed by atoms with van der Waals surface area (Å²) >= 11 is 6.67. The summed E-state index contributed by atoms with van der Waals surface area (Å²) in [6.07, 6.45) is 1.63. The van der Waals surface area contributed by atoms with Crippen molar-refractivity contribution in [1.82, 2.24) is 10.9 Å². The second kappa shape index (κ2) is 9.98. The predicted molar refractivity (Wildman–Crippen MR) is 105 cm³/mol. The van der Waals surface area contributed by atoms with Gasteiger partial charge in [0.05, 0.1) is 4.47 Å². The fourth-order valence-corrected chi connectivity index (χ4v) is 2.99. The maximum atomic E-state index is 12.0. The van der Waals surface area contributed by atoms with E-state index in [9.17, 15) is 9.59 Å². The molecule has 2 rings (SSSR count). The second-order valence-electron chi connectivity index (χ2n) is 4.99. The number of amides is 2. The van der Waals surface area contributed by atoms with E-state index in [1.54, 1.807) is 48.5 Å². The van der Waals surface area contributed by atoms with E-state index in [0.29, 0.717) is 28.1 Å². The van der Waals surface area contributed by atoms with Gasteiger partial charge in [0.15, 0.2) is 6.61 Å². The van der Waals surface area contributed by atoms with Crippen LogP contribution in [0.15, 0.2) is 64.1 Å². The van der Waals surface area contributed by atoms with Crippen molar-refractivity contribution in [3.63, 3.8) is 0 Å². The Hall–Kier alpha value is -2.32. The molecule has 0 spiro atoms. The average molecular weight is 484 g/mol. The van der Waals surface area contributed by atoms with Crippen LogP contribution in [0.4, 0.5) is 0 Å². The van der Waals surface area contributed by atoms with E-state index in [4.69, 9.17) is 9.47 Å². The Bertz CT molecular complexity index is 794. The first-order valence-electron chi connectivity index (χ1n) is 7.50. The van der Waals surface area contributed by atoms with Crippen molar-refractivity contribution in [2.24, 2.45) is 0 Å². The summed E-state index contributed by atoms with van der Waals surface area (Å²) in [4.78, 5) is 23.8. The maximum absolute atomic E-state index is 12.0. The highest BCUT2D eigenvalue weighted by Crippen LogP contribution is 2.28. The fourth-order valence-electron chi connectivity index (χ4n) is 1.83. The molecule has 0 fully saturated rings. The lowest BCUT2D eigenvalue weighted by atomic mass is 10.2. The molecule has 0 aliphatic heterocycles. The molecule has 0 aliphatic rings. The maximum Gasteiger partial charge on any atom is 0.276 e. The van der Waals surface area contributed by atoms with Crippen LogP contribution in [0, 0.1) is 0 Å². The first-order chi connectivity index (χ1) is 12.5. The lowest BCUT2D eigenvalue weighted by molar-refractivity contribution is -0.123. The van der Waals surface area contributed by atoms with E-state index < -0.39 is 11.8 Å². The molecular formula is C18H16Br2N2O4. The SMILES string of the molecule is C=CCOc1ccc(C(=O)NNC(=O)COc2ccc(Br)cc2Br)cc1. The van der Waals surface area contributed by atoms with Crippen molar-refractivity contribution in [3.05, 3.63) is 69.6 Å². The van der Waals surface area contributed by atoms with Crippen LogP contribution in [0.25, 0.3) is 0 Å². The van der Waals surface area contributed by atoms with Crippen LogP contribution >= 0.6 is 31.9 Å². The zero-order valence-electron chi connectivity index (χ0n) is 13.6. The Morgan fingerprint density at radius 3 is 2.42 bits per heavy atom. The summed E-state index contributed by atoms with van der Waals surface area (Å²) in [5, 5.41) is 0. The number of carbonyl (C=O) groups excluding carboxylic acids is 2. The molecule has 26 heavy (non-hydrogen) atoms. The highest BCUT2D eigenvalue weighted by Gasteiger charge is 2.09. The van der Waals surface area contributed by atoms with Gasteiger partial charge in [0, 0.05) is 10.0 Å².